The minimum atomic E-state index is -0.416. The van der Waals surface area contributed by atoms with Gasteiger partial charge in [0.15, 0.2) is 0 Å². The molecule has 2 aromatic rings. The van der Waals surface area contributed by atoms with Crippen molar-refractivity contribution in [3.05, 3.63) is 36.7 Å². The summed E-state index contributed by atoms with van der Waals surface area (Å²) < 4.78 is 13.9. The molecule has 1 N–H and O–H groups in total. The zero-order valence-corrected chi connectivity index (χ0v) is 13.4. The number of rotatable bonds is 3. The average Bonchev–Trinajstić information content (AvgIpc) is 3.30. The van der Waals surface area contributed by atoms with E-state index in [0.717, 1.165) is 13.0 Å². The highest BCUT2D eigenvalue weighted by atomic mass is 16.5. The van der Waals surface area contributed by atoms with E-state index >= 15 is 0 Å². The van der Waals surface area contributed by atoms with E-state index in [1.165, 1.54) is 0 Å². The summed E-state index contributed by atoms with van der Waals surface area (Å²) in [4.78, 5) is 17.4. The third kappa shape index (κ3) is 3.07. The monoisotopic (exact) mass is 331 g/mol. The predicted molar refractivity (Wildman–Crippen MR) is 84.3 cm³/mol. The molecule has 1 spiro atoms. The van der Waals surface area contributed by atoms with Crippen LogP contribution in [-0.4, -0.2) is 69.1 Å². The first-order chi connectivity index (χ1) is 11.7. The summed E-state index contributed by atoms with van der Waals surface area (Å²) in [7, 11) is 0. The molecule has 2 saturated heterocycles. The van der Waals surface area contributed by atoms with Gasteiger partial charge < -0.3 is 23.9 Å². The Morgan fingerprint density at radius 1 is 1.42 bits per heavy atom. The van der Waals surface area contributed by atoms with Gasteiger partial charge in [0.2, 0.25) is 0 Å². The fraction of sp³-hybridized carbons (Fsp3) is 0.562. The second-order valence-corrected chi connectivity index (χ2v) is 6.60. The van der Waals surface area contributed by atoms with Gasteiger partial charge in [0, 0.05) is 31.4 Å². The van der Waals surface area contributed by atoms with Crippen molar-refractivity contribution in [1.29, 1.82) is 0 Å². The molecule has 0 saturated carbocycles. The van der Waals surface area contributed by atoms with Crippen molar-refractivity contribution in [2.24, 2.45) is 5.92 Å². The Morgan fingerprint density at radius 2 is 2.29 bits per heavy atom. The molecule has 2 atom stereocenters. The summed E-state index contributed by atoms with van der Waals surface area (Å²) in [6.45, 7) is 3.70. The van der Waals surface area contributed by atoms with Crippen molar-refractivity contribution >= 4 is 5.91 Å². The summed E-state index contributed by atoms with van der Waals surface area (Å²) >= 11 is 0. The Hall–Kier alpha value is -2.19. The summed E-state index contributed by atoms with van der Waals surface area (Å²) in [6, 6.07) is 1.80. The van der Waals surface area contributed by atoms with Crippen LogP contribution in [0.4, 0.5) is 0 Å². The molecule has 8 nitrogen and oxygen atoms in total. The zero-order chi connectivity index (χ0) is 16.4. The second kappa shape index (κ2) is 6.37. The number of ether oxygens (including phenoxy) is 2. The molecule has 1 amide bonds. The number of H-pyrrole nitrogens is 1. The summed E-state index contributed by atoms with van der Waals surface area (Å²) in [5, 5.41) is 7.68. The van der Waals surface area contributed by atoms with E-state index in [1.54, 1.807) is 31.1 Å². The van der Waals surface area contributed by atoms with Gasteiger partial charge in [-0.25, -0.2) is 0 Å². The first-order valence-corrected chi connectivity index (χ1v) is 8.20. The third-order valence-corrected chi connectivity index (χ3v) is 4.70. The van der Waals surface area contributed by atoms with Crippen LogP contribution < -0.4 is 0 Å². The molecular formula is C16H21N5O3. The van der Waals surface area contributed by atoms with Crippen molar-refractivity contribution in [2.45, 2.75) is 18.6 Å². The van der Waals surface area contributed by atoms with Crippen LogP contribution in [0.3, 0.4) is 0 Å². The van der Waals surface area contributed by atoms with E-state index in [2.05, 4.69) is 15.2 Å². The molecule has 0 aliphatic carbocycles. The van der Waals surface area contributed by atoms with Crippen LogP contribution in [0.15, 0.2) is 31.1 Å². The molecule has 4 heterocycles. The molecule has 128 valence electrons. The lowest BCUT2D eigenvalue weighted by molar-refractivity contribution is -0.0539. The number of nitrogens with zero attached hydrogens (tertiary/aromatic N) is 4. The van der Waals surface area contributed by atoms with Gasteiger partial charge in [-0.05, 0) is 12.5 Å². The average molecular weight is 331 g/mol. The Bertz CT molecular complexity index is 672. The molecule has 2 unspecified atom stereocenters. The molecule has 2 aromatic heterocycles. The quantitative estimate of drug-likeness (QED) is 0.888. The van der Waals surface area contributed by atoms with Gasteiger partial charge in [-0.15, -0.1) is 10.2 Å². The zero-order valence-electron chi connectivity index (χ0n) is 13.4. The minimum Gasteiger partial charge on any atom is -0.377 e. The Labute approximate surface area is 139 Å². The van der Waals surface area contributed by atoms with E-state index in [9.17, 15) is 4.79 Å². The van der Waals surface area contributed by atoms with Crippen molar-refractivity contribution in [1.82, 2.24) is 24.6 Å². The van der Waals surface area contributed by atoms with E-state index < -0.39 is 5.60 Å². The lowest BCUT2D eigenvalue weighted by Gasteiger charge is -2.31. The maximum absolute atomic E-state index is 12.7. The fourth-order valence-electron chi connectivity index (χ4n) is 3.60. The Morgan fingerprint density at radius 3 is 3.08 bits per heavy atom. The van der Waals surface area contributed by atoms with Gasteiger partial charge in [-0.1, -0.05) is 0 Å². The van der Waals surface area contributed by atoms with Crippen LogP contribution in [0, 0.1) is 5.92 Å². The largest absolute Gasteiger partial charge is 0.377 e. The van der Waals surface area contributed by atoms with Gasteiger partial charge >= 0.3 is 0 Å². The van der Waals surface area contributed by atoms with Gasteiger partial charge in [-0.2, -0.15) is 0 Å². The molecule has 0 radical (unpaired) electrons. The summed E-state index contributed by atoms with van der Waals surface area (Å²) in [5.74, 6) is 0.388. The van der Waals surface area contributed by atoms with Gasteiger partial charge in [0.1, 0.15) is 18.3 Å². The standard InChI is InChI=1S/C16H21N5O3/c22-15(14-1-2-17-6-14)21-3-4-23-10-16(9-21)5-13(8-24-16)7-20-11-18-19-12-20/h1-2,6,11-13,17H,3-5,7-10H2. The predicted octanol–water partition coefficient (Wildman–Crippen LogP) is 0.554. The molecular weight excluding hydrogens is 310 g/mol. The minimum absolute atomic E-state index is 0.0204. The van der Waals surface area contributed by atoms with E-state index in [1.807, 2.05) is 9.47 Å². The number of aromatic amines is 1. The lowest BCUT2D eigenvalue weighted by atomic mass is 9.94. The maximum Gasteiger partial charge on any atom is 0.255 e. The van der Waals surface area contributed by atoms with Crippen LogP contribution in [-0.2, 0) is 16.0 Å². The van der Waals surface area contributed by atoms with Crippen LogP contribution in [0.2, 0.25) is 0 Å². The molecule has 2 fully saturated rings. The highest BCUT2D eigenvalue weighted by Gasteiger charge is 2.44. The van der Waals surface area contributed by atoms with Crippen LogP contribution in [0.25, 0.3) is 0 Å². The maximum atomic E-state index is 12.7. The first-order valence-electron chi connectivity index (χ1n) is 8.20. The number of hydrogen-bond donors (Lipinski definition) is 1. The Kier molecular flexibility index (Phi) is 4.07. The topological polar surface area (TPSA) is 85.3 Å². The van der Waals surface area contributed by atoms with E-state index in [-0.39, 0.29) is 5.91 Å². The van der Waals surface area contributed by atoms with Crippen molar-refractivity contribution in [3.63, 3.8) is 0 Å². The number of carbonyl (C=O) groups is 1. The highest BCUT2D eigenvalue weighted by Crippen LogP contribution is 2.33. The molecule has 4 rings (SSSR count). The number of hydrogen-bond acceptors (Lipinski definition) is 5. The summed E-state index contributed by atoms with van der Waals surface area (Å²) in [5.41, 5.74) is 0.257. The van der Waals surface area contributed by atoms with Crippen LogP contribution in [0.5, 0.6) is 0 Å². The Balaban J connectivity index is 1.45. The van der Waals surface area contributed by atoms with E-state index in [4.69, 9.17) is 9.47 Å². The smallest absolute Gasteiger partial charge is 0.255 e. The SMILES string of the molecule is O=C(c1cc[nH]c1)N1CCOCC2(CC(Cn3cnnc3)CO2)C1. The highest BCUT2D eigenvalue weighted by molar-refractivity contribution is 5.94. The molecule has 8 heteroatoms. The molecule has 0 bridgehead atoms. The first kappa shape index (κ1) is 15.3. The van der Waals surface area contributed by atoms with Crippen molar-refractivity contribution < 1.29 is 14.3 Å². The molecule has 2 aliphatic heterocycles. The lowest BCUT2D eigenvalue weighted by Crippen LogP contribution is -2.46. The van der Waals surface area contributed by atoms with Gasteiger partial charge in [0.25, 0.3) is 5.91 Å². The number of nitrogens with one attached hydrogen (secondary N) is 1. The van der Waals surface area contributed by atoms with Crippen LogP contribution >= 0.6 is 0 Å². The fourth-order valence-corrected chi connectivity index (χ4v) is 3.60. The number of aromatic nitrogens is 4. The molecule has 2 aliphatic rings. The second-order valence-electron chi connectivity index (χ2n) is 6.60. The number of carbonyl (C=O) groups excluding carboxylic acids is 1. The van der Waals surface area contributed by atoms with E-state index in [0.29, 0.717) is 44.4 Å². The van der Waals surface area contributed by atoms with Gasteiger partial charge in [0.05, 0.1) is 31.9 Å². The van der Waals surface area contributed by atoms with Gasteiger partial charge in [-0.3, -0.25) is 4.79 Å². The third-order valence-electron chi connectivity index (χ3n) is 4.70. The molecule has 0 aromatic carbocycles. The summed E-state index contributed by atoms with van der Waals surface area (Å²) in [6.07, 6.45) is 7.79. The van der Waals surface area contributed by atoms with Crippen LogP contribution in [0.1, 0.15) is 16.8 Å². The normalized spacial score (nSPS) is 27.5. The number of amides is 1. The molecule has 24 heavy (non-hydrogen) atoms. The van der Waals surface area contributed by atoms with Crippen molar-refractivity contribution in [2.75, 3.05) is 32.9 Å². The van der Waals surface area contributed by atoms with Crippen molar-refractivity contribution in [3.8, 4) is 0 Å².